The molecule has 1 heterocycles. The monoisotopic (exact) mass is 260 g/mol. The lowest BCUT2D eigenvalue weighted by molar-refractivity contribution is 0.100. The zero-order valence-electron chi connectivity index (χ0n) is 10.6. The summed E-state index contributed by atoms with van der Waals surface area (Å²) in [5.74, 6) is 0.881. The van der Waals surface area contributed by atoms with Gasteiger partial charge >= 0.3 is 0 Å². The number of anilines is 2. The lowest BCUT2D eigenvalue weighted by Crippen LogP contribution is -2.14. The van der Waals surface area contributed by atoms with Gasteiger partial charge in [-0.3, -0.25) is 4.79 Å². The van der Waals surface area contributed by atoms with E-state index in [0.29, 0.717) is 23.7 Å². The van der Waals surface area contributed by atoms with Crippen molar-refractivity contribution >= 4 is 17.3 Å². The highest BCUT2D eigenvalue weighted by atomic mass is 16.4. The molecule has 0 bridgehead atoms. The number of aromatic nitrogens is 1. The molecule has 0 radical (unpaired) electrons. The number of amides is 1. The topological polar surface area (TPSA) is 107 Å². The third-order valence-corrected chi connectivity index (χ3v) is 2.71. The van der Waals surface area contributed by atoms with Gasteiger partial charge in [-0.25, -0.2) is 4.98 Å². The second-order valence-corrected chi connectivity index (χ2v) is 4.09. The van der Waals surface area contributed by atoms with Crippen LogP contribution in [0.1, 0.15) is 28.9 Å². The van der Waals surface area contributed by atoms with E-state index in [9.17, 15) is 4.79 Å². The minimum Gasteiger partial charge on any atom is -0.444 e. The fourth-order valence-corrected chi connectivity index (χ4v) is 1.65. The number of nitrogens with zero attached hydrogens (tertiary/aromatic N) is 1. The van der Waals surface area contributed by atoms with E-state index in [1.165, 1.54) is 0 Å². The molecular formula is C13H16N4O2. The molecule has 0 atom stereocenters. The second kappa shape index (κ2) is 5.43. The highest BCUT2D eigenvalue weighted by Gasteiger charge is 2.07. The van der Waals surface area contributed by atoms with Gasteiger partial charge in [0.2, 0.25) is 5.89 Å². The summed E-state index contributed by atoms with van der Waals surface area (Å²) >= 11 is 0. The van der Waals surface area contributed by atoms with Crippen LogP contribution in [0, 0.1) is 0 Å². The van der Waals surface area contributed by atoms with Gasteiger partial charge in [-0.2, -0.15) is 0 Å². The van der Waals surface area contributed by atoms with Crippen LogP contribution in [0.15, 0.2) is 28.8 Å². The number of hydrogen-bond donors (Lipinski definition) is 3. The molecule has 0 fully saturated rings. The molecule has 0 aliphatic rings. The van der Waals surface area contributed by atoms with Gasteiger partial charge in [0.25, 0.3) is 5.91 Å². The summed E-state index contributed by atoms with van der Waals surface area (Å²) in [7, 11) is 0. The van der Waals surface area contributed by atoms with E-state index in [-0.39, 0.29) is 0 Å². The molecule has 6 heteroatoms. The number of oxazole rings is 1. The van der Waals surface area contributed by atoms with Gasteiger partial charge in [0.1, 0.15) is 5.76 Å². The van der Waals surface area contributed by atoms with E-state index >= 15 is 0 Å². The minimum absolute atomic E-state index is 0.298. The molecule has 0 saturated heterocycles. The summed E-state index contributed by atoms with van der Waals surface area (Å²) in [5.41, 5.74) is 12.3. The minimum atomic E-state index is -0.550. The lowest BCUT2D eigenvalue weighted by Gasteiger charge is -2.07. The molecule has 0 saturated carbocycles. The number of carbonyl (C=O) groups is 1. The SMILES string of the molecule is CCc1cnc(CNc2ccc(N)c(C(N)=O)c2)o1. The van der Waals surface area contributed by atoms with Crippen LogP contribution in [0.25, 0.3) is 0 Å². The molecule has 2 rings (SSSR count). The molecule has 100 valence electrons. The van der Waals surface area contributed by atoms with Gasteiger partial charge in [-0.1, -0.05) is 6.92 Å². The number of nitrogens with two attached hydrogens (primary N) is 2. The summed E-state index contributed by atoms with van der Waals surface area (Å²) < 4.78 is 5.47. The predicted octanol–water partition coefficient (Wildman–Crippen LogP) is 1.53. The average molecular weight is 260 g/mol. The summed E-state index contributed by atoms with van der Waals surface area (Å²) in [6, 6.07) is 5.02. The highest BCUT2D eigenvalue weighted by molar-refractivity contribution is 5.98. The van der Waals surface area contributed by atoms with Crippen LogP contribution in [0.2, 0.25) is 0 Å². The van der Waals surface area contributed by atoms with Crippen LogP contribution in [0.5, 0.6) is 0 Å². The molecule has 0 aliphatic carbocycles. The molecular weight excluding hydrogens is 244 g/mol. The molecule has 2 aromatic rings. The van der Waals surface area contributed by atoms with Gasteiger partial charge in [0.05, 0.1) is 18.3 Å². The van der Waals surface area contributed by atoms with Crippen LogP contribution in [0.3, 0.4) is 0 Å². The standard InChI is InChI=1S/C13H16N4O2/c1-2-9-6-17-12(19-9)7-16-8-3-4-11(14)10(5-8)13(15)18/h3-6,16H,2,7,14H2,1H3,(H2,15,18). The number of aryl methyl sites for hydroxylation is 1. The van der Waals surface area contributed by atoms with Gasteiger partial charge in [0.15, 0.2) is 0 Å². The Bertz CT molecular complexity index is 592. The Morgan fingerprint density at radius 3 is 2.89 bits per heavy atom. The van der Waals surface area contributed by atoms with E-state index in [1.54, 1.807) is 24.4 Å². The van der Waals surface area contributed by atoms with Crippen molar-refractivity contribution in [1.29, 1.82) is 0 Å². The van der Waals surface area contributed by atoms with E-state index in [2.05, 4.69) is 10.3 Å². The Kier molecular flexibility index (Phi) is 3.70. The van der Waals surface area contributed by atoms with Crippen molar-refractivity contribution in [3.05, 3.63) is 41.6 Å². The van der Waals surface area contributed by atoms with E-state index in [1.807, 2.05) is 6.92 Å². The zero-order chi connectivity index (χ0) is 13.8. The smallest absolute Gasteiger partial charge is 0.250 e. The molecule has 1 aromatic heterocycles. The third kappa shape index (κ3) is 3.04. The number of hydrogen-bond acceptors (Lipinski definition) is 5. The first-order chi connectivity index (χ1) is 9.10. The number of nitrogens with one attached hydrogen (secondary N) is 1. The third-order valence-electron chi connectivity index (χ3n) is 2.71. The fourth-order valence-electron chi connectivity index (χ4n) is 1.65. The molecule has 0 unspecified atom stereocenters. The van der Waals surface area contributed by atoms with Crippen molar-refractivity contribution in [2.45, 2.75) is 19.9 Å². The average Bonchev–Trinajstić information content (AvgIpc) is 2.85. The molecule has 1 aromatic carbocycles. The van der Waals surface area contributed by atoms with Crippen molar-refractivity contribution in [3.63, 3.8) is 0 Å². The van der Waals surface area contributed by atoms with Crippen LogP contribution in [0.4, 0.5) is 11.4 Å². The van der Waals surface area contributed by atoms with Crippen molar-refractivity contribution in [1.82, 2.24) is 4.98 Å². The largest absolute Gasteiger partial charge is 0.444 e. The van der Waals surface area contributed by atoms with Crippen LogP contribution < -0.4 is 16.8 Å². The zero-order valence-corrected chi connectivity index (χ0v) is 10.6. The maximum atomic E-state index is 11.2. The summed E-state index contributed by atoms with van der Waals surface area (Å²) in [5, 5.41) is 3.10. The van der Waals surface area contributed by atoms with E-state index in [4.69, 9.17) is 15.9 Å². The highest BCUT2D eigenvalue weighted by Crippen LogP contribution is 2.18. The van der Waals surface area contributed by atoms with Crippen LogP contribution >= 0.6 is 0 Å². The fraction of sp³-hybridized carbons (Fsp3) is 0.231. The molecule has 1 amide bonds. The van der Waals surface area contributed by atoms with E-state index < -0.39 is 5.91 Å². The number of carbonyl (C=O) groups excluding carboxylic acids is 1. The molecule has 6 nitrogen and oxygen atoms in total. The van der Waals surface area contributed by atoms with Crippen molar-refractivity contribution in [3.8, 4) is 0 Å². The summed E-state index contributed by atoms with van der Waals surface area (Å²) in [6.45, 7) is 2.43. The Labute approximate surface area is 110 Å². The van der Waals surface area contributed by atoms with Crippen LogP contribution in [-0.2, 0) is 13.0 Å². The lowest BCUT2D eigenvalue weighted by atomic mass is 10.1. The number of nitrogen functional groups attached to an aromatic ring is 1. The first-order valence-electron chi connectivity index (χ1n) is 5.97. The predicted molar refractivity (Wildman–Crippen MR) is 72.6 cm³/mol. The normalized spacial score (nSPS) is 10.4. The Morgan fingerprint density at radius 1 is 1.47 bits per heavy atom. The second-order valence-electron chi connectivity index (χ2n) is 4.09. The van der Waals surface area contributed by atoms with Crippen molar-refractivity contribution in [2.75, 3.05) is 11.1 Å². The Balaban J connectivity index is 2.07. The Morgan fingerprint density at radius 2 is 2.26 bits per heavy atom. The quantitative estimate of drug-likeness (QED) is 0.707. The van der Waals surface area contributed by atoms with Gasteiger partial charge in [0, 0.05) is 17.8 Å². The van der Waals surface area contributed by atoms with E-state index in [0.717, 1.165) is 17.9 Å². The molecule has 5 N–H and O–H groups in total. The van der Waals surface area contributed by atoms with Crippen LogP contribution in [-0.4, -0.2) is 10.9 Å². The summed E-state index contributed by atoms with van der Waals surface area (Å²) in [6.07, 6.45) is 2.51. The van der Waals surface area contributed by atoms with Crippen molar-refractivity contribution < 1.29 is 9.21 Å². The molecule has 0 spiro atoms. The number of primary amides is 1. The molecule has 0 aliphatic heterocycles. The number of benzene rings is 1. The first-order valence-corrected chi connectivity index (χ1v) is 5.97. The maximum Gasteiger partial charge on any atom is 0.250 e. The Hall–Kier alpha value is -2.50. The van der Waals surface area contributed by atoms with Gasteiger partial charge in [-0.05, 0) is 18.2 Å². The maximum absolute atomic E-state index is 11.2. The van der Waals surface area contributed by atoms with Crippen molar-refractivity contribution in [2.24, 2.45) is 5.73 Å². The molecule has 19 heavy (non-hydrogen) atoms. The van der Waals surface area contributed by atoms with Gasteiger partial charge < -0.3 is 21.2 Å². The summed E-state index contributed by atoms with van der Waals surface area (Å²) in [4.78, 5) is 15.3. The van der Waals surface area contributed by atoms with Gasteiger partial charge in [-0.15, -0.1) is 0 Å². The first kappa shape index (κ1) is 12.9. The number of rotatable bonds is 5.